The fourth-order valence-corrected chi connectivity index (χ4v) is 2.01. The van der Waals surface area contributed by atoms with Crippen LogP contribution < -0.4 is 0 Å². The number of hydrogen-bond acceptors (Lipinski definition) is 1. The van der Waals surface area contributed by atoms with Crippen molar-refractivity contribution in [1.82, 2.24) is 0 Å². The first-order chi connectivity index (χ1) is 8.57. The molecule has 0 fully saturated rings. The zero-order valence-electron chi connectivity index (χ0n) is 11.5. The lowest BCUT2D eigenvalue weighted by Crippen LogP contribution is -2.46. The van der Waals surface area contributed by atoms with Gasteiger partial charge >= 0.3 is 0 Å². The van der Waals surface area contributed by atoms with Crippen molar-refractivity contribution in [2.24, 2.45) is 0 Å². The van der Waals surface area contributed by atoms with Crippen molar-refractivity contribution in [2.75, 3.05) is 34.4 Å². The Labute approximate surface area is 110 Å². The monoisotopic (exact) mass is 244 g/mol. The lowest BCUT2D eigenvalue weighted by molar-refractivity contribution is -0.889. The standard InChI is InChI=1S/C16H22NO/c1-17(2,3)16-12-15(10-7-11-18-13-16)14-8-5-4-6-9-14/h4-10,12,16H,11,13H2,1-3H3/q+1/b10-7-,15-12+. The average Bonchev–Trinajstić information content (AvgIpc) is 2.28. The number of nitrogens with zero attached hydrogens (tertiary/aromatic N) is 1. The molecule has 1 aromatic carbocycles. The van der Waals surface area contributed by atoms with Gasteiger partial charge in [0.05, 0.1) is 27.7 Å². The molecular formula is C16H22NO+. The van der Waals surface area contributed by atoms with Crippen molar-refractivity contribution in [3.63, 3.8) is 0 Å². The summed E-state index contributed by atoms with van der Waals surface area (Å²) in [6.45, 7) is 1.46. The highest BCUT2D eigenvalue weighted by molar-refractivity contribution is 5.74. The summed E-state index contributed by atoms with van der Waals surface area (Å²) in [5.41, 5.74) is 2.56. The van der Waals surface area contributed by atoms with Gasteiger partial charge in [-0.3, -0.25) is 0 Å². The summed E-state index contributed by atoms with van der Waals surface area (Å²) < 4.78 is 6.53. The summed E-state index contributed by atoms with van der Waals surface area (Å²) in [6, 6.07) is 10.9. The minimum absolute atomic E-state index is 0.380. The SMILES string of the molecule is C[N+](C)(C)C1/C=C(c2ccccc2)\C=C/COC1. The molecule has 1 atom stereocenters. The third kappa shape index (κ3) is 3.31. The van der Waals surface area contributed by atoms with Gasteiger partial charge < -0.3 is 9.22 Å². The van der Waals surface area contributed by atoms with Crippen LogP contribution in [0.15, 0.2) is 48.6 Å². The van der Waals surface area contributed by atoms with Crippen LogP contribution in [-0.2, 0) is 4.74 Å². The zero-order valence-corrected chi connectivity index (χ0v) is 11.5. The highest BCUT2D eigenvalue weighted by Crippen LogP contribution is 2.20. The maximum Gasteiger partial charge on any atom is 0.132 e. The number of ether oxygens (including phenoxy) is 1. The van der Waals surface area contributed by atoms with Gasteiger partial charge in [0.15, 0.2) is 0 Å². The smallest absolute Gasteiger partial charge is 0.132 e. The summed E-state index contributed by atoms with van der Waals surface area (Å²) >= 11 is 0. The molecule has 1 aromatic rings. The average molecular weight is 244 g/mol. The number of likely N-dealkylation sites (N-methyl/N-ethyl adjacent to an activating group) is 1. The quantitative estimate of drug-likeness (QED) is 0.727. The Morgan fingerprint density at radius 1 is 1.11 bits per heavy atom. The molecule has 2 rings (SSSR count). The maximum absolute atomic E-state index is 5.65. The number of rotatable bonds is 2. The highest BCUT2D eigenvalue weighted by Gasteiger charge is 2.22. The van der Waals surface area contributed by atoms with Crippen molar-refractivity contribution in [3.8, 4) is 0 Å². The number of quaternary nitrogens is 1. The molecule has 0 N–H and O–H groups in total. The molecule has 0 saturated heterocycles. The lowest BCUT2D eigenvalue weighted by Gasteiger charge is -2.33. The Kier molecular flexibility index (Phi) is 4.00. The van der Waals surface area contributed by atoms with Crippen molar-refractivity contribution >= 4 is 5.57 Å². The molecule has 2 nitrogen and oxygen atoms in total. The molecule has 1 aliphatic heterocycles. The normalized spacial score (nSPS) is 25.7. The molecule has 0 bridgehead atoms. The van der Waals surface area contributed by atoms with E-state index in [1.165, 1.54) is 11.1 Å². The minimum Gasteiger partial charge on any atom is -0.371 e. The number of benzene rings is 1. The molecular weight excluding hydrogens is 222 g/mol. The van der Waals surface area contributed by atoms with Gasteiger partial charge in [-0.15, -0.1) is 0 Å². The second kappa shape index (κ2) is 5.51. The number of allylic oxidation sites excluding steroid dienone is 2. The largest absolute Gasteiger partial charge is 0.371 e. The first-order valence-electron chi connectivity index (χ1n) is 6.40. The van der Waals surface area contributed by atoms with E-state index < -0.39 is 0 Å². The van der Waals surface area contributed by atoms with Crippen molar-refractivity contribution in [1.29, 1.82) is 0 Å². The predicted molar refractivity (Wildman–Crippen MR) is 76.2 cm³/mol. The van der Waals surface area contributed by atoms with Gasteiger partial charge in [-0.2, -0.15) is 0 Å². The van der Waals surface area contributed by atoms with Gasteiger partial charge in [0.2, 0.25) is 0 Å². The molecule has 1 heterocycles. The third-order valence-electron chi connectivity index (χ3n) is 3.27. The Hall–Kier alpha value is -1.38. The maximum atomic E-state index is 5.65. The van der Waals surface area contributed by atoms with Crippen molar-refractivity contribution in [3.05, 3.63) is 54.1 Å². The van der Waals surface area contributed by atoms with Gasteiger partial charge in [-0.05, 0) is 17.2 Å². The second-order valence-corrected chi connectivity index (χ2v) is 5.61. The fourth-order valence-electron chi connectivity index (χ4n) is 2.01. The fraction of sp³-hybridized carbons (Fsp3) is 0.375. The molecule has 0 amide bonds. The summed E-state index contributed by atoms with van der Waals surface area (Å²) in [7, 11) is 6.62. The molecule has 2 heteroatoms. The van der Waals surface area contributed by atoms with Crippen LogP contribution in [0.4, 0.5) is 0 Å². The van der Waals surface area contributed by atoms with Crippen LogP contribution in [0.2, 0.25) is 0 Å². The molecule has 96 valence electrons. The van der Waals surface area contributed by atoms with Crippen LogP contribution in [0.1, 0.15) is 5.56 Å². The summed E-state index contributed by atoms with van der Waals surface area (Å²) in [5, 5.41) is 0. The van der Waals surface area contributed by atoms with E-state index in [4.69, 9.17) is 4.74 Å². The summed E-state index contributed by atoms with van der Waals surface area (Å²) in [5.74, 6) is 0. The Morgan fingerprint density at radius 3 is 2.50 bits per heavy atom. The van der Waals surface area contributed by atoms with E-state index in [0.29, 0.717) is 12.6 Å². The molecule has 0 radical (unpaired) electrons. The van der Waals surface area contributed by atoms with Crippen LogP contribution in [0, 0.1) is 0 Å². The first-order valence-corrected chi connectivity index (χ1v) is 6.40. The van der Waals surface area contributed by atoms with Crippen LogP contribution in [-0.4, -0.2) is 44.9 Å². The molecule has 1 aliphatic rings. The van der Waals surface area contributed by atoms with E-state index in [1.54, 1.807) is 0 Å². The molecule has 18 heavy (non-hydrogen) atoms. The molecule has 0 saturated carbocycles. The van der Waals surface area contributed by atoms with Gasteiger partial charge in [-0.25, -0.2) is 0 Å². The zero-order chi connectivity index (χ0) is 13.0. The second-order valence-electron chi connectivity index (χ2n) is 5.61. The van der Waals surface area contributed by atoms with E-state index in [2.05, 4.69) is 69.7 Å². The topological polar surface area (TPSA) is 9.23 Å². The van der Waals surface area contributed by atoms with Gasteiger partial charge in [0.25, 0.3) is 0 Å². The lowest BCUT2D eigenvalue weighted by atomic mass is 10.0. The van der Waals surface area contributed by atoms with Crippen LogP contribution in [0.25, 0.3) is 5.57 Å². The number of hydrogen-bond donors (Lipinski definition) is 0. The van der Waals surface area contributed by atoms with E-state index >= 15 is 0 Å². The van der Waals surface area contributed by atoms with E-state index in [0.717, 1.165) is 11.1 Å². The van der Waals surface area contributed by atoms with E-state index in [9.17, 15) is 0 Å². The predicted octanol–water partition coefficient (Wildman–Crippen LogP) is 2.73. The van der Waals surface area contributed by atoms with Gasteiger partial charge in [-0.1, -0.05) is 42.5 Å². The molecule has 0 spiro atoms. The van der Waals surface area contributed by atoms with E-state index in [1.807, 2.05) is 0 Å². The van der Waals surface area contributed by atoms with Gasteiger partial charge in [0.1, 0.15) is 12.6 Å². The van der Waals surface area contributed by atoms with Crippen LogP contribution in [0.5, 0.6) is 0 Å². The van der Waals surface area contributed by atoms with Crippen LogP contribution >= 0.6 is 0 Å². The summed E-state index contributed by atoms with van der Waals surface area (Å²) in [6.07, 6.45) is 6.58. The van der Waals surface area contributed by atoms with Crippen molar-refractivity contribution < 1.29 is 9.22 Å². The molecule has 1 unspecified atom stereocenters. The summed E-state index contributed by atoms with van der Waals surface area (Å²) in [4.78, 5) is 0. The minimum atomic E-state index is 0.380. The Bertz CT molecular complexity index is 440. The van der Waals surface area contributed by atoms with Crippen LogP contribution in [0.3, 0.4) is 0 Å². The van der Waals surface area contributed by atoms with Crippen molar-refractivity contribution in [2.45, 2.75) is 6.04 Å². The van der Waals surface area contributed by atoms with Gasteiger partial charge in [0, 0.05) is 0 Å². The van der Waals surface area contributed by atoms with E-state index in [-0.39, 0.29) is 0 Å². The first kappa shape index (κ1) is 13.1. The Morgan fingerprint density at radius 2 is 1.83 bits per heavy atom. The molecule has 0 aliphatic carbocycles. The third-order valence-corrected chi connectivity index (χ3v) is 3.27. The Balaban J connectivity index is 2.35. The molecule has 0 aromatic heterocycles. The highest BCUT2D eigenvalue weighted by atomic mass is 16.5.